The molecule has 28 heteroatoms. The molecule has 90 heavy (non-hydrogen) atoms. The molecule has 0 spiro atoms. The van der Waals surface area contributed by atoms with Crippen LogP contribution in [-0.2, 0) is 72.0 Å². The van der Waals surface area contributed by atoms with E-state index >= 15 is 0 Å². The number of amides is 8. The predicted octanol–water partition coefficient (Wildman–Crippen LogP) is 0.929. The summed E-state index contributed by atoms with van der Waals surface area (Å²) in [5, 5.41) is 49.0. The number of aliphatic carboxylic acids is 1. The summed E-state index contributed by atoms with van der Waals surface area (Å²) in [6.07, 6.45) is -3.75. The van der Waals surface area contributed by atoms with Crippen LogP contribution in [-0.4, -0.2) is 153 Å². The number of guanidine groups is 1. The summed E-state index contributed by atoms with van der Waals surface area (Å²) in [6.45, 7) is 5.33. The number of halogens is 1. The quantitative estimate of drug-likeness (QED) is 0.0168. The van der Waals surface area contributed by atoms with E-state index < -0.39 is 176 Å². The molecule has 1 heterocycles. The molecule has 488 valence electrons. The summed E-state index contributed by atoms with van der Waals surface area (Å²) in [5.74, 6) is -14.8. The van der Waals surface area contributed by atoms with Crippen LogP contribution in [0.4, 0.5) is 9.18 Å². The first-order chi connectivity index (χ1) is 42.5. The van der Waals surface area contributed by atoms with Crippen LogP contribution in [0.2, 0.25) is 0 Å². The maximum Gasteiger partial charge on any atom is 0.315 e. The third kappa shape index (κ3) is 24.9. The van der Waals surface area contributed by atoms with Gasteiger partial charge in [-0.05, 0) is 98.4 Å². The summed E-state index contributed by atoms with van der Waals surface area (Å²) in [4.78, 5) is 168. The van der Waals surface area contributed by atoms with Crippen LogP contribution in [0.25, 0.3) is 10.9 Å². The highest BCUT2D eigenvalue weighted by Gasteiger charge is 2.37. The number of phenols is 1. The maximum absolute atomic E-state index is 14.3. The predicted molar refractivity (Wildman–Crippen MR) is 328 cm³/mol. The van der Waals surface area contributed by atoms with Gasteiger partial charge in [-0.2, -0.15) is 0 Å². The zero-order chi connectivity index (χ0) is 66.8. The van der Waals surface area contributed by atoms with Gasteiger partial charge in [0.25, 0.3) is 0 Å². The van der Waals surface area contributed by atoms with E-state index in [1.807, 2.05) is 24.3 Å². The number of carboxylic acid groups (broad SMARTS) is 1. The SMILES string of the molecule is CN=C(N)NCCC[C@H](CC(=O)[C@H](CC(C)C)NC(=O)NCC(=O)[C@H](Cc1ccc(F)cc1)NC(=O)[C@@H](CC(=O)[C@H](CC(N)=O)NC(=O)[C@H](CCC(=O)O)CC(=O)[C@@H](Cc1ccc(O)cc1)NC(C)=O)[C@@H](C)O)C(=O)N[C@@H](Cc1c[nH]c2ccccc12)C(N)=O. The van der Waals surface area contributed by atoms with E-state index in [-0.39, 0.29) is 56.3 Å². The van der Waals surface area contributed by atoms with E-state index in [0.717, 1.165) is 36.9 Å². The number of aromatic amines is 1. The number of phenolic OH excluding ortho intramolecular Hbond substituents is 1. The molecule has 0 aliphatic rings. The highest BCUT2D eigenvalue weighted by Crippen LogP contribution is 2.23. The molecule has 0 saturated heterocycles. The molecule has 1 aromatic heterocycles. The Balaban J connectivity index is 1.52. The molecular weight excluding hydrogens is 1170 g/mol. The van der Waals surface area contributed by atoms with Crippen molar-refractivity contribution in [1.82, 2.24) is 42.2 Å². The van der Waals surface area contributed by atoms with Gasteiger partial charge in [0.2, 0.25) is 35.4 Å². The second-order valence-electron chi connectivity index (χ2n) is 22.6. The zero-order valence-corrected chi connectivity index (χ0v) is 51.0. The van der Waals surface area contributed by atoms with Crippen LogP contribution in [0.5, 0.6) is 5.75 Å². The Kier molecular flexibility index (Phi) is 29.2. The molecule has 3 aromatic carbocycles. The molecule has 0 radical (unpaired) electrons. The number of aromatic hydroxyl groups is 1. The van der Waals surface area contributed by atoms with E-state index in [0.29, 0.717) is 23.1 Å². The number of carbonyl (C=O) groups excluding carboxylic acids is 11. The Morgan fingerprint density at radius 2 is 1.18 bits per heavy atom. The minimum Gasteiger partial charge on any atom is -0.508 e. The molecule has 4 aromatic rings. The molecule has 4 rings (SSSR count). The van der Waals surface area contributed by atoms with Crippen LogP contribution in [0.15, 0.2) is 84.0 Å². The third-order valence-electron chi connectivity index (χ3n) is 14.9. The van der Waals surface area contributed by atoms with Crippen LogP contribution in [0.3, 0.4) is 0 Å². The fourth-order valence-corrected chi connectivity index (χ4v) is 9.95. The molecular formula is C62H83FN12O15. The van der Waals surface area contributed by atoms with E-state index in [1.54, 1.807) is 20.0 Å². The number of ketones is 4. The summed E-state index contributed by atoms with van der Waals surface area (Å²) in [6, 6.07) is 9.89. The number of para-hydroxylation sites is 1. The number of hydrogen-bond donors (Lipinski definition) is 14. The molecule has 27 nitrogen and oxygen atoms in total. The first-order valence-electron chi connectivity index (χ1n) is 29.4. The summed E-state index contributed by atoms with van der Waals surface area (Å²) < 4.78 is 14.1. The zero-order valence-electron chi connectivity index (χ0n) is 51.0. The van der Waals surface area contributed by atoms with Crippen molar-refractivity contribution in [2.24, 2.45) is 45.9 Å². The maximum atomic E-state index is 14.3. The second kappa shape index (κ2) is 36.0. The van der Waals surface area contributed by atoms with Crippen LogP contribution < -0.4 is 54.4 Å². The van der Waals surface area contributed by atoms with Gasteiger partial charge >= 0.3 is 12.0 Å². The van der Waals surface area contributed by atoms with Crippen molar-refractivity contribution >= 4 is 87.4 Å². The van der Waals surface area contributed by atoms with E-state index in [2.05, 4.69) is 47.2 Å². The molecule has 8 amide bonds. The van der Waals surface area contributed by atoms with Gasteiger partial charge in [-0.25, -0.2) is 9.18 Å². The minimum atomic E-state index is -1.80. The third-order valence-corrected chi connectivity index (χ3v) is 14.9. The van der Waals surface area contributed by atoms with E-state index in [1.165, 1.54) is 43.4 Å². The Bertz CT molecular complexity index is 3210. The van der Waals surface area contributed by atoms with E-state index in [4.69, 9.17) is 17.2 Å². The summed E-state index contributed by atoms with van der Waals surface area (Å²) in [7, 11) is 1.48. The molecule has 0 saturated carbocycles. The van der Waals surface area contributed by atoms with Gasteiger partial charge in [-0.1, -0.05) is 56.3 Å². The number of aliphatic hydroxyl groups excluding tert-OH is 1. The number of fused-ring (bicyclic) bond motifs is 1. The average molecular weight is 1260 g/mol. The molecule has 0 unspecified atom stereocenters. The number of nitrogens with one attached hydrogen (secondary N) is 8. The van der Waals surface area contributed by atoms with Crippen LogP contribution in [0.1, 0.15) is 102 Å². The van der Waals surface area contributed by atoms with Gasteiger partial charge in [0.05, 0.1) is 49.2 Å². The standard InChI is InChI=1S/C62H83FN12O15/c1-33(2)23-46(51(79)27-38(9-8-22-68-61(66)67-5)58(87)74-50(57(65)86)26-40-31-69-45-11-7-6-10-43(40)45)75-62(90)70-32-54(82)48(25-36-12-17-41(63)18-13-36)73-60(89)44(34(3)76)29-53(81)49(30-55(64)83)72-59(88)39(16-21-56(84)85)28-52(80)47(71-35(4)77)24-37-14-19-42(78)20-15-37/h6-7,10-15,17-20,31,33-34,38-39,44,46-50,69,76,78H,8-9,16,21-30,32H2,1-5H3,(H2,64,83)(H2,65,86)(H,71,77)(H,72,88)(H,73,89)(H,74,87)(H,84,85)(H3,66,67,68)(H2,70,75,90)/t34-,38-,39-,44+,46+,47-,48+,49+,50+/m1/s1. The van der Waals surface area contributed by atoms with Gasteiger partial charge in [0, 0.05) is 81.6 Å². The number of benzene rings is 3. The Hall–Kier alpha value is -9.60. The molecule has 0 fully saturated rings. The number of hydrogen-bond acceptors (Lipinski definition) is 15. The largest absolute Gasteiger partial charge is 0.508 e. The number of aliphatic imine (C=N–C) groups is 1. The van der Waals surface area contributed by atoms with Gasteiger partial charge in [-0.3, -0.25) is 57.7 Å². The number of H-pyrrole nitrogens is 1. The highest BCUT2D eigenvalue weighted by atomic mass is 19.1. The first-order valence-corrected chi connectivity index (χ1v) is 29.4. The minimum absolute atomic E-state index is 0.0340. The van der Waals surface area contributed by atoms with Crippen molar-refractivity contribution in [3.8, 4) is 5.75 Å². The van der Waals surface area contributed by atoms with Gasteiger partial charge in [-0.15, -0.1) is 0 Å². The van der Waals surface area contributed by atoms with E-state index in [9.17, 15) is 77.2 Å². The van der Waals surface area contributed by atoms with Gasteiger partial charge in [0.15, 0.2) is 29.1 Å². The number of nitrogens with two attached hydrogens (primary N) is 3. The number of primary amides is 2. The highest BCUT2D eigenvalue weighted by molar-refractivity contribution is 5.99. The van der Waals surface area contributed by atoms with Crippen molar-refractivity contribution in [2.75, 3.05) is 20.1 Å². The molecule has 0 bridgehead atoms. The van der Waals surface area contributed by atoms with Crippen molar-refractivity contribution in [1.29, 1.82) is 0 Å². The number of rotatable bonds is 39. The number of aromatic nitrogens is 1. The van der Waals surface area contributed by atoms with Crippen molar-refractivity contribution in [3.63, 3.8) is 0 Å². The van der Waals surface area contributed by atoms with Crippen LogP contribution in [0, 0.1) is 29.5 Å². The van der Waals surface area contributed by atoms with Crippen LogP contribution >= 0.6 is 0 Å². The molecule has 9 atom stereocenters. The second-order valence-corrected chi connectivity index (χ2v) is 22.6. The number of Topliss-reactive ketones (excluding diaryl/α,β-unsaturated/α-hetero) is 4. The lowest BCUT2D eigenvalue weighted by molar-refractivity contribution is -0.139. The number of nitrogens with zero attached hydrogens (tertiary/aromatic N) is 1. The Morgan fingerprint density at radius 3 is 1.74 bits per heavy atom. The summed E-state index contributed by atoms with van der Waals surface area (Å²) >= 11 is 0. The van der Waals surface area contributed by atoms with Crippen molar-refractivity contribution in [2.45, 2.75) is 141 Å². The molecule has 17 N–H and O–H groups in total. The summed E-state index contributed by atoms with van der Waals surface area (Å²) in [5.41, 5.74) is 19.4. The normalized spacial score (nSPS) is 14.4. The molecule has 0 aliphatic heterocycles. The van der Waals surface area contributed by atoms with Gasteiger partial charge < -0.3 is 74.7 Å². The Labute approximate surface area is 519 Å². The number of urea groups is 1. The average Bonchev–Trinajstić information content (AvgIpc) is 3.95. The smallest absolute Gasteiger partial charge is 0.315 e. The number of aliphatic hydroxyl groups is 1. The fourth-order valence-electron chi connectivity index (χ4n) is 9.95. The molecule has 0 aliphatic carbocycles. The monoisotopic (exact) mass is 1250 g/mol. The Morgan fingerprint density at radius 1 is 0.622 bits per heavy atom. The number of carboxylic acids is 1. The topological polar surface area (TPSA) is 456 Å². The van der Waals surface area contributed by atoms with Crippen molar-refractivity contribution < 1.29 is 77.2 Å². The lowest BCUT2D eigenvalue weighted by Crippen LogP contribution is -2.53. The lowest BCUT2D eigenvalue weighted by atomic mass is 9.89. The number of carbonyl (C=O) groups is 12. The first kappa shape index (κ1) is 72.9. The lowest BCUT2D eigenvalue weighted by Gasteiger charge is -2.26. The fraction of sp³-hybridized carbons (Fsp3) is 0.468. The van der Waals surface area contributed by atoms with Crippen molar-refractivity contribution in [3.05, 3.63) is 102 Å². The van der Waals surface area contributed by atoms with Gasteiger partial charge in [0.1, 0.15) is 17.6 Å².